The minimum Gasteiger partial charge on any atom is -0.467 e. The van der Waals surface area contributed by atoms with E-state index in [1.54, 1.807) is 6.26 Å². The van der Waals surface area contributed by atoms with E-state index in [0.717, 1.165) is 60.3 Å². The SMILES string of the molecule is Cc1cc2c(NC(=O)N3CCCCCC3c3ccco3)cccc2nn1. The van der Waals surface area contributed by atoms with Crippen LogP contribution in [-0.2, 0) is 0 Å². The Bertz CT molecular complexity index is 907. The molecule has 1 aromatic carbocycles. The molecule has 1 N–H and O–H groups in total. The number of carbonyl (C=O) groups is 1. The molecule has 1 atom stereocenters. The fourth-order valence-corrected chi connectivity index (χ4v) is 3.59. The summed E-state index contributed by atoms with van der Waals surface area (Å²) in [6.45, 7) is 2.62. The van der Waals surface area contributed by atoms with Gasteiger partial charge in [-0.1, -0.05) is 18.9 Å². The summed E-state index contributed by atoms with van der Waals surface area (Å²) < 4.78 is 5.61. The van der Waals surface area contributed by atoms with Crippen molar-refractivity contribution in [3.05, 3.63) is 54.1 Å². The summed E-state index contributed by atoms with van der Waals surface area (Å²) in [5, 5.41) is 12.3. The predicted molar refractivity (Wildman–Crippen MR) is 99.9 cm³/mol. The van der Waals surface area contributed by atoms with Crippen molar-refractivity contribution in [3.63, 3.8) is 0 Å². The monoisotopic (exact) mass is 350 g/mol. The van der Waals surface area contributed by atoms with Crippen LogP contribution in [0.4, 0.5) is 10.5 Å². The molecule has 1 aliphatic rings. The maximum atomic E-state index is 13.1. The number of carbonyl (C=O) groups excluding carboxylic acids is 1. The van der Waals surface area contributed by atoms with Crippen LogP contribution in [0.5, 0.6) is 0 Å². The van der Waals surface area contributed by atoms with Crippen molar-refractivity contribution < 1.29 is 9.21 Å². The van der Waals surface area contributed by atoms with Gasteiger partial charge >= 0.3 is 6.03 Å². The number of hydrogen-bond donors (Lipinski definition) is 1. The maximum Gasteiger partial charge on any atom is 0.322 e. The van der Waals surface area contributed by atoms with E-state index in [1.807, 2.05) is 48.2 Å². The van der Waals surface area contributed by atoms with E-state index in [1.165, 1.54) is 0 Å². The number of fused-ring (bicyclic) bond motifs is 1. The van der Waals surface area contributed by atoms with Crippen LogP contribution in [0.2, 0.25) is 0 Å². The summed E-state index contributed by atoms with van der Waals surface area (Å²) in [5.74, 6) is 0.849. The topological polar surface area (TPSA) is 71.3 Å². The number of nitrogens with zero attached hydrogens (tertiary/aromatic N) is 3. The lowest BCUT2D eigenvalue weighted by Crippen LogP contribution is -2.38. The highest BCUT2D eigenvalue weighted by molar-refractivity contribution is 6.00. The van der Waals surface area contributed by atoms with E-state index in [-0.39, 0.29) is 12.1 Å². The van der Waals surface area contributed by atoms with Gasteiger partial charge in [0.25, 0.3) is 0 Å². The second-order valence-electron chi connectivity index (χ2n) is 6.73. The van der Waals surface area contributed by atoms with Crippen molar-refractivity contribution in [2.75, 3.05) is 11.9 Å². The van der Waals surface area contributed by atoms with Gasteiger partial charge in [-0.2, -0.15) is 10.2 Å². The van der Waals surface area contributed by atoms with Crippen LogP contribution in [-0.4, -0.2) is 27.7 Å². The van der Waals surface area contributed by atoms with E-state index < -0.39 is 0 Å². The number of furan rings is 1. The third-order valence-corrected chi connectivity index (χ3v) is 4.88. The Morgan fingerprint density at radius 2 is 2.12 bits per heavy atom. The number of benzene rings is 1. The molecule has 2 aromatic heterocycles. The van der Waals surface area contributed by atoms with Crippen molar-refractivity contribution in [2.24, 2.45) is 0 Å². The van der Waals surface area contributed by atoms with E-state index >= 15 is 0 Å². The first-order valence-electron chi connectivity index (χ1n) is 9.06. The number of hydrogen-bond acceptors (Lipinski definition) is 4. The zero-order valence-corrected chi connectivity index (χ0v) is 14.8. The standard InChI is InChI=1S/C20H22N4O2/c1-14-13-15-16(7-5-8-17(15)23-22-14)21-20(25)24-11-4-2-3-9-18(24)19-10-6-12-26-19/h5-8,10,12-13,18H,2-4,9,11H2,1H3,(H,21,25). The molecular weight excluding hydrogens is 328 g/mol. The fraction of sp³-hybridized carbons (Fsp3) is 0.350. The highest BCUT2D eigenvalue weighted by atomic mass is 16.3. The van der Waals surface area contributed by atoms with Crippen molar-refractivity contribution in [1.82, 2.24) is 15.1 Å². The first-order chi connectivity index (χ1) is 12.7. The summed E-state index contributed by atoms with van der Waals surface area (Å²) in [6.07, 6.45) is 5.82. The van der Waals surface area contributed by atoms with Crippen molar-refractivity contribution in [3.8, 4) is 0 Å². The Labute approximate surface area is 152 Å². The number of likely N-dealkylation sites (tertiary alicyclic amines) is 1. The molecule has 0 saturated carbocycles. The minimum absolute atomic E-state index is 0.0241. The van der Waals surface area contributed by atoms with Gasteiger partial charge in [-0.3, -0.25) is 0 Å². The van der Waals surface area contributed by atoms with Gasteiger partial charge < -0.3 is 14.6 Å². The smallest absolute Gasteiger partial charge is 0.322 e. The Kier molecular flexibility index (Phi) is 4.56. The predicted octanol–water partition coefficient (Wildman–Crippen LogP) is 4.68. The van der Waals surface area contributed by atoms with Gasteiger partial charge in [0, 0.05) is 11.9 Å². The second kappa shape index (κ2) is 7.15. The van der Waals surface area contributed by atoms with Crippen LogP contribution >= 0.6 is 0 Å². The Hall–Kier alpha value is -2.89. The van der Waals surface area contributed by atoms with Crippen molar-refractivity contribution >= 4 is 22.6 Å². The van der Waals surface area contributed by atoms with Crippen LogP contribution < -0.4 is 5.32 Å². The van der Waals surface area contributed by atoms with Gasteiger partial charge in [-0.15, -0.1) is 0 Å². The summed E-state index contributed by atoms with van der Waals surface area (Å²) in [7, 11) is 0. The summed E-state index contributed by atoms with van der Waals surface area (Å²) >= 11 is 0. The highest BCUT2D eigenvalue weighted by Gasteiger charge is 2.28. The van der Waals surface area contributed by atoms with Gasteiger partial charge in [-0.05, 0) is 50.1 Å². The molecule has 4 rings (SSSR count). The highest BCUT2D eigenvalue weighted by Crippen LogP contribution is 2.31. The summed E-state index contributed by atoms with van der Waals surface area (Å²) in [5.41, 5.74) is 2.35. The van der Waals surface area contributed by atoms with E-state index in [4.69, 9.17) is 4.42 Å². The Morgan fingerprint density at radius 1 is 1.19 bits per heavy atom. The molecule has 3 heterocycles. The number of urea groups is 1. The quantitative estimate of drug-likeness (QED) is 0.728. The lowest BCUT2D eigenvalue weighted by molar-refractivity contribution is 0.179. The lowest BCUT2D eigenvalue weighted by atomic mass is 10.1. The minimum atomic E-state index is -0.102. The maximum absolute atomic E-state index is 13.1. The molecule has 0 radical (unpaired) electrons. The third kappa shape index (κ3) is 3.27. The summed E-state index contributed by atoms with van der Waals surface area (Å²) in [6, 6.07) is 11.3. The molecule has 0 aliphatic carbocycles. The zero-order valence-electron chi connectivity index (χ0n) is 14.8. The second-order valence-corrected chi connectivity index (χ2v) is 6.73. The van der Waals surface area contributed by atoms with Gasteiger partial charge in [0.05, 0.1) is 29.2 Å². The molecule has 6 heteroatoms. The molecule has 1 fully saturated rings. The molecule has 6 nitrogen and oxygen atoms in total. The molecule has 134 valence electrons. The van der Waals surface area contributed by atoms with Gasteiger partial charge in [0.1, 0.15) is 5.76 Å². The van der Waals surface area contributed by atoms with Gasteiger partial charge in [0.15, 0.2) is 0 Å². The number of aromatic nitrogens is 2. The number of aryl methyl sites for hydroxylation is 1. The van der Waals surface area contributed by atoms with Gasteiger partial charge in [0.2, 0.25) is 0 Å². The average Bonchev–Trinajstić information content (AvgIpc) is 3.06. The number of amides is 2. The fourth-order valence-electron chi connectivity index (χ4n) is 3.59. The third-order valence-electron chi connectivity index (χ3n) is 4.88. The van der Waals surface area contributed by atoms with Crippen LogP contribution in [0.1, 0.15) is 43.2 Å². The molecule has 0 spiro atoms. The first-order valence-corrected chi connectivity index (χ1v) is 9.06. The van der Waals surface area contributed by atoms with Crippen LogP contribution in [0.3, 0.4) is 0 Å². The van der Waals surface area contributed by atoms with Crippen LogP contribution in [0, 0.1) is 6.92 Å². The first kappa shape index (κ1) is 16.6. The van der Waals surface area contributed by atoms with Crippen molar-refractivity contribution in [1.29, 1.82) is 0 Å². The Balaban J connectivity index is 1.63. The molecule has 2 amide bonds. The molecule has 1 saturated heterocycles. The van der Waals surface area contributed by atoms with Gasteiger partial charge in [-0.25, -0.2) is 4.79 Å². The molecule has 26 heavy (non-hydrogen) atoms. The molecular formula is C20H22N4O2. The van der Waals surface area contributed by atoms with E-state index in [9.17, 15) is 4.79 Å². The molecule has 3 aromatic rings. The van der Waals surface area contributed by atoms with E-state index in [0.29, 0.717) is 0 Å². The van der Waals surface area contributed by atoms with E-state index in [2.05, 4.69) is 15.5 Å². The average molecular weight is 350 g/mol. The van der Waals surface area contributed by atoms with Crippen LogP contribution in [0.25, 0.3) is 10.9 Å². The Morgan fingerprint density at radius 3 is 2.96 bits per heavy atom. The number of anilines is 1. The molecule has 0 bridgehead atoms. The normalized spacial score (nSPS) is 17.9. The number of nitrogens with one attached hydrogen (secondary N) is 1. The van der Waals surface area contributed by atoms with Crippen molar-refractivity contribution in [2.45, 2.75) is 38.6 Å². The molecule has 1 aliphatic heterocycles. The molecule has 1 unspecified atom stereocenters. The largest absolute Gasteiger partial charge is 0.467 e. The van der Waals surface area contributed by atoms with Crippen LogP contribution in [0.15, 0.2) is 47.1 Å². The summed E-state index contributed by atoms with van der Waals surface area (Å²) in [4.78, 5) is 15.0. The lowest BCUT2D eigenvalue weighted by Gasteiger charge is -2.29. The zero-order chi connectivity index (χ0) is 17.9. The number of rotatable bonds is 2.